The molecule has 98 valence electrons. The van der Waals surface area contributed by atoms with Crippen LogP contribution in [-0.4, -0.2) is 25.1 Å². The molecule has 1 unspecified atom stereocenters. The maximum absolute atomic E-state index is 12.3. The van der Waals surface area contributed by atoms with E-state index in [0.29, 0.717) is 0 Å². The molecule has 4 heteroatoms. The summed E-state index contributed by atoms with van der Waals surface area (Å²) >= 11 is 0. The highest BCUT2D eigenvalue weighted by Gasteiger charge is 2.38. The minimum atomic E-state index is -0.389. The van der Waals surface area contributed by atoms with Gasteiger partial charge in [-0.1, -0.05) is 6.92 Å². The van der Waals surface area contributed by atoms with Gasteiger partial charge in [0.2, 0.25) is 5.91 Å². The van der Waals surface area contributed by atoms with Gasteiger partial charge in [-0.3, -0.25) is 4.79 Å². The van der Waals surface area contributed by atoms with E-state index in [1.807, 2.05) is 31.2 Å². The van der Waals surface area contributed by atoms with Crippen LogP contribution in [0.4, 0.5) is 5.69 Å². The summed E-state index contributed by atoms with van der Waals surface area (Å²) < 4.78 is 5.09. The molecule has 1 amide bonds. The van der Waals surface area contributed by atoms with E-state index in [1.165, 1.54) is 0 Å². The van der Waals surface area contributed by atoms with Crippen LogP contribution >= 0.6 is 0 Å². The molecule has 0 aliphatic carbocycles. The van der Waals surface area contributed by atoms with Crippen molar-refractivity contribution in [2.24, 2.45) is 0 Å². The molecule has 1 aromatic carbocycles. The second kappa shape index (κ2) is 5.40. The number of methoxy groups -OCH3 is 1. The number of carbonyl (C=O) groups is 1. The van der Waals surface area contributed by atoms with E-state index in [2.05, 4.69) is 10.6 Å². The second-order valence-corrected chi connectivity index (χ2v) is 4.65. The lowest BCUT2D eigenvalue weighted by molar-refractivity contribution is -0.122. The van der Waals surface area contributed by atoms with Gasteiger partial charge in [0.25, 0.3) is 0 Å². The molecule has 1 aromatic rings. The van der Waals surface area contributed by atoms with Gasteiger partial charge in [0.05, 0.1) is 12.6 Å². The van der Waals surface area contributed by atoms with Gasteiger partial charge in [-0.2, -0.15) is 0 Å². The molecule has 1 saturated heterocycles. The maximum atomic E-state index is 12.3. The summed E-state index contributed by atoms with van der Waals surface area (Å²) in [5, 5.41) is 6.30. The third-order valence-corrected chi connectivity index (χ3v) is 3.63. The summed E-state index contributed by atoms with van der Waals surface area (Å²) in [5.74, 6) is 0.852. The first-order valence-corrected chi connectivity index (χ1v) is 6.41. The number of carbonyl (C=O) groups excluding carboxylic acids is 1. The normalized spacial score (nSPS) is 22.8. The van der Waals surface area contributed by atoms with Crippen molar-refractivity contribution in [3.05, 3.63) is 24.3 Å². The predicted octanol–water partition coefficient (Wildman–Crippen LogP) is 2.17. The fourth-order valence-electron chi connectivity index (χ4n) is 2.39. The average molecular weight is 248 g/mol. The molecule has 0 radical (unpaired) electrons. The second-order valence-electron chi connectivity index (χ2n) is 4.65. The molecule has 2 N–H and O–H groups in total. The van der Waals surface area contributed by atoms with Gasteiger partial charge >= 0.3 is 0 Å². The first kappa shape index (κ1) is 12.9. The smallest absolute Gasteiger partial charge is 0.244 e. The summed E-state index contributed by atoms with van der Waals surface area (Å²) in [7, 11) is 1.63. The molecule has 4 nitrogen and oxygen atoms in total. The summed E-state index contributed by atoms with van der Waals surface area (Å²) in [4.78, 5) is 12.3. The fraction of sp³-hybridized carbons (Fsp3) is 0.500. The quantitative estimate of drug-likeness (QED) is 0.858. The molecule has 0 aromatic heterocycles. The maximum Gasteiger partial charge on any atom is 0.244 e. The van der Waals surface area contributed by atoms with Gasteiger partial charge in [0, 0.05) is 5.69 Å². The molecule has 0 saturated carbocycles. The van der Waals surface area contributed by atoms with Crippen LogP contribution in [-0.2, 0) is 4.79 Å². The zero-order valence-electron chi connectivity index (χ0n) is 11.0. The Labute approximate surface area is 108 Å². The van der Waals surface area contributed by atoms with Gasteiger partial charge in [0.1, 0.15) is 5.75 Å². The van der Waals surface area contributed by atoms with Crippen molar-refractivity contribution in [2.75, 3.05) is 19.0 Å². The lowest BCUT2D eigenvalue weighted by Gasteiger charge is -2.26. The van der Waals surface area contributed by atoms with Crippen LogP contribution in [0.5, 0.6) is 5.75 Å². The SMILES string of the molecule is CCC1(C(=O)Nc2ccc(OC)cc2)CCCN1. The van der Waals surface area contributed by atoms with E-state index in [4.69, 9.17) is 4.74 Å². The van der Waals surface area contributed by atoms with E-state index in [1.54, 1.807) is 7.11 Å². The van der Waals surface area contributed by atoms with Crippen LogP contribution in [0.2, 0.25) is 0 Å². The van der Waals surface area contributed by atoms with Gasteiger partial charge in [-0.15, -0.1) is 0 Å². The zero-order valence-corrected chi connectivity index (χ0v) is 11.0. The molecule has 1 heterocycles. The Bertz CT molecular complexity index is 408. The molecule has 1 aliphatic rings. The monoisotopic (exact) mass is 248 g/mol. The average Bonchev–Trinajstić information content (AvgIpc) is 2.89. The van der Waals surface area contributed by atoms with E-state index >= 15 is 0 Å². The third-order valence-electron chi connectivity index (χ3n) is 3.63. The van der Waals surface area contributed by atoms with E-state index in [9.17, 15) is 4.79 Å². The standard InChI is InChI=1S/C14H20N2O2/c1-3-14(9-4-10-15-14)13(17)16-11-5-7-12(18-2)8-6-11/h5-8,15H,3-4,9-10H2,1-2H3,(H,16,17). The number of benzene rings is 1. The van der Waals surface area contributed by atoms with Crippen molar-refractivity contribution in [2.45, 2.75) is 31.7 Å². The van der Waals surface area contributed by atoms with Crippen molar-refractivity contribution in [1.29, 1.82) is 0 Å². The third kappa shape index (κ3) is 2.48. The van der Waals surface area contributed by atoms with Crippen LogP contribution < -0.4 is 15.4 Å². The summed E-state index contributed by atoms with van der Waals surface area (Å²) in [6, 6.07) is 7.40. The van der Waals surface area contributed by atoms with Crippen molar-refractivity contribution >= 4 is 11.6 Å². The Balaban J connectivity index is 2.05. The van der Waals surface area contributed by atoms with Gasteiger partial charge in [-0.25, -0.2) is 0 Å². The van der Waals surface area contributed by atoms with Crippen LogP contribution in [0, 0.1) is 0 Å². The molecule has 2 rings (SSSR count). The molecule has 0 spiro atoms. The van der Waals surface area contributed by atoms with Gasteiger partial charge in [0.15, 0.2) is 0 Å². The molecule has 1 atom stereocenters. The first-order chi connectivity index (χ1) is 8.70. The number of ether oxygens (including phenoxy) is 1. The van der Waals surface area contributed by atoms with E-state index < -0.39 is 0 Å². The number of anilines is 1. The fourth-order valence-corrected chi connectivity index (χ4v) is 2.39. The van der Waals surface area contributed by atoms with Gasteiger partial charge in [-0.05, 0) is 50.1 Å². The van der Waals surface area contributed by atoms with Crippen LogP contribution in [0.25, 0.3) is 0 Å². The lowest BCUT2D eigenvalue weighted by Crippen LogP contribution is -2.50. The number of amides is 1. The van der Waals surface area contributed by atoms with Crippen LogP contribution in [0.1, 0.15) is 26.2 Å². The summed E-state index contributed by atoms with van der Waals surface area (Å²) in [5.41, 5.74) is 0.419. The Hall–Kier alpha value is -1.55. The van der Waals surface area contributed by atoms with Gasteiger partial charge < -0.3 is 15.4 Å². The summed E-state index contributed by atoms with van der Waals surface area (Å²) in [6.07, 6.45) is 2.78. The highest BCUT2D eigenvalue weighted by molar-refractivity contribution is 5.98. The first-order valence-electron chi connectivity index (χ1n) is 6.41. The molecule has 0 bridgehead atoms. The van der Waals surface area contributed by atoms with Crippen molar-refractivity contribution in [1.82, 2.24) is 5.32 Å². The number of nitrogens with one attached hydrogen (secondary N) is 2. The number of hydrogen-bond acceptors (Lipinski definition) is 3. The van der Waals surface area contributed by atoms with Crippen molar-refractivity contribution in [3.63, 3.8) is 0 Å². The van der Waals surface area contributed by atoms with Crippen LogP contribution in [0.15, 0.2) is 24.3 Å². The largest absolute Gasteiger partial charge is 0.497 e. The van der Waals surface area contributed by atoms with E-state index in [-0.39, 0.29) is 11.4 Å². The predicted molar refractivity (Wildman–Crippen MR) is 71.9 cm³/mol. The molecule has 18 heavy (non-hydrogen) atoms. The molecular formula is C14H20N2O2. The number of hydrogen-bond donors (Lipinski definition) is 2. The highest BCUT2D eigenvalue weighted by atomic mass is 16.5. The number of rotatable bonds is 4. The highest BCUT2D eigenvalue weighted by Crippen LogP contribution is 2.25. The Morgan fingerprint density at radius 2 is 2.17 bits per heavy atom. The van der Waals surface area contributed by atoms with Crippen molar-refractivity contribution < 1.29 is 9.53 Å². The van der Waals surface area contributed by atoms with Crippen LogP contribution in [0.3, 0.4) is 0 Å². The Morgan fingerprint density at radius 1 is 1.44 bits per heavy atom. The lowest BCUT2D eigenvalue weighted by atomic mass is 9.93. The zero-order chi connectivity index (χ0) is 13.0. The Morgan fingerprint density at radius 3 is 2.67 bits per heavy atom. The molecule has 1 aliphatic heterocycles. The molecule has 1 fully saturated rings. The van der Waals surface area contributed by atoms with E-state index in [0.717, 1.165) is 37.2 Å². The summed E-state index contributed by atoms with van der Waals surface area (Å²) in [6.45, 7) is 2.97. The minimum absolute atomic E-state index is 0.0627. The topological polar surface area (TPSA) is 50.4 Å². The minimum Gasteiger partial charge on any atom is -0.497 e. The Kier molecular flexibility index (Phi) is 3.87. The molecular weight excluding hydrogens is 228 g/mol. The van der Waals surface area contributed by atoms with Crippen molar-refractivity contribution in [3.8, 4) is 5.75 Å².